The van der Waals surface area contributed by atoms with Crippen LogP contribution < -0.4 is 11.1 Å². The number of aromatic nitrogens is 1. The number of carbonyl (C=O) groups excluding carboxylic acids is 1. The van der Waals surface area contributed by atoms with E-state index in [4.69, 9.17) is 10.8 Å². The Morgan fingerprint density at radius 1 is 1.50 bits per heavy atom. The topological polar surface area (TPSA) is 105 Å². The zero-order valence-corrected chi connectivity index (χ0v) is 11.4. The van der Waals surface area contributed by atoms with Crippen LogP contribution in [0.5, 0.6) is 0 Å². The minimum Gasteiger partial charge on any atom is -0.477 e. The monoisotopic (exact) mass is 271 g/mol. The predicted molar refractivity (Wildman–Crippen MR) is 68.5 cm³/mol. The van der Waals surface area contributed by atoms with Gasteiger partial charge in [-0.2, -0.15) is 0 Å². The molecule has 1 amide bonds. The number of nitrogens with zero attached hydrogens (tertiary/aromatic N) is 1. The third kappa shape index (κ3) is 4.42. The number of aryl methyl sites for hydroxylation is 1. The third-order valence-corrected chi connectivity index (χ3v) is 3.23. The van der Waals surface area contributed by atoms with Gasteiger partial charge in [-0.15, -0.1) is 11.3 Å². The first-order valence-electron chi connectivity index (χ1n) is 5.44. The lowest BCUT2D eigenvalue weighted by atomic mass is 10.0. The summed E-state index contributed by atoms with van der Waals surface area (Å²) in [6.07, 6.45) is 0.211. The van der Waals surface area contributed by atoms with Gasteiger partial charge in [-0.1, -0.05) is 0 Å². The summed E-state index contributed by atoms with van der Waals surface area (Å²) in [6, 6.07) is 0. The van der Waals surface area contributed by atoms with Crippen molar-refractivity contribution < 1.29 is 14.7 Å². The normalized spacial score (nSPS) is 11.3. The van der Waals surface area contributed by atoms with Crippen molar-refractivity contribution in [1.82, 2.24) is 10.3 Å². The predicted octanol–water partition coefficient (Wildman–Crippen LogP) is 0.893. The molecule has 1 aromatic rings. The van der Waals surface area contributed by atoms with E-state index in [1.165, 1.54) is 0 Å². The van der Waals surface area contributed by atoms with Crippen LogP contribution in [-0.2, 0) is 11.3 Å². The number of hydrogen-bond acceptors (Lipinski definition) is 5. The van der Waals surface area contributed by atoms with Crippen LogP contribution in [0.1, 0.15) is 40.6 Å². The fourth-order valence-corrected chi connectivity index (χ4v) is 2.22. The summed E-state index contributed by atoms with van der Waals surface area (Å²) in [7, 11) is 0. The first kappa shape index (κ1) is 14.6. The van der Waals surface area contributed by atoms with Crippen LogP contribution in [0.15, 0.2) is 0 Å². The van der Waals surface area contributed by atoms with E-state index < -0.39 is 11.5 Å². The lowest BCUT2D eigenvalue weighted by Crippen LogP contribution is -2.38. The van der Waals surface area contributed by atoms with E-state index in [9.17, 15) is 9.59 Å². The average molecular weight is 271 g/mol. The van der Waals surface area contributed by atoms with Crippen LogP contribution in [0, 0.1) is 6.92 Å². The molecule has 0 bridgehead atoms. The maximum atomic E-state index is 11.5. The van der Waals surface area contributed by atoms with Crippen molar-refractivity contribution in [3.63, 3.8) is 0 Å². The first-order chi connectivity index (χ1) is 8.19. The Bertz CT molecular complexity index is 463. The molecule has 1 rings (SSSR count). The molecule has 7 heteroatoms. The number of rotatable bonds is 5. The largest absolute Gasteiger partial charge is 0.477 e. The summed E-state index contributed by atoms with van der Waals surface area (Å²) in [5.41, 5.74) is 5.63. The number of carbonyl (C=O) groups is 2. The van der Waals surface area contributed by atoms with Gasteiger partial charge in [0.05, 0.1) is 12.2 Å². The number of carboxylic acid groups (broad SMARTS) is 1. The number of aromatic carboxylic acids is 1. The fourth-order valence-electron chi connectivity index (χ4n) is 1.38. The number of nitrogens with two attached hydrogens (primary N) is 1. The van der Waals surface area contributed by atoms with Gasteiger partial charge in [0.25, 0.3) is 0 Å². The molecule has 0 aliphatic heterocycles. The molecule has 0 aromatic carbocycles. The number of amides is 1. The molecule has 0 aliphatic rings. The van der Waals surface area contributed by atoms with Crippen molar-refractivity contribution in [2.24, 2.45) is 5.73 Å². The maximum Gasteiger partial charge on any atom is 0.347 e. The van der Waals surface area contributed by atoms with Crippen molar-refractivity contribution in [3.05, 3.63) is 15.6 Å². The standard InChI is InChI=1S/C11H17N3O3S/c1-6-9(10(16)17)18-8(14-6)5-13-7(15)4-11(2,3)12/h4-5,12H2,1-3H3,(H,13,15)(H,16,17). The summed E-state index contributed by atoms with van der Waals surface area (Å²) in [4.78, 5) is 26.7. The summed E-state index contributed by atoms with van der Waals surface area (Å²) in [5, 5.41) is 12.1. The Morgan fingerprint density at radius 2 is 2.11 bits per heavy atom. The average Bonchev–Trinajstić information content (AvgIpc) is 2.54. The Labute approximate surface area is 109 Å². The molecule has 0 spiro atoms. The molecule has 0 unspecified atom stereocenters. The van der Waals surface area contributed by atoms with Crippen molar-refractivity contribution >= 4 is 23.2 Å². The molecule has 0 atom stereocenters. The molecule has 18 heavy (non-hydrogen) atoms. The van der Waals surface area contributed by atoms with E-state index in [2.05, 4.69) is 10.3 Å². The Balaban J connectivity index is 2.57. The minimum atomic E-state index is -0.995. The van der Waals surface area contributed by atoms with Gasteiger partial charge >= 0.3 is 5.97 Å². The molecule has 0 radical (unpaired) electrons. The zero-order chi connectivity index (χ0) is 13.9. The molecular formula is C11H17N3O3S. The lowest BCUT2D eigenvalue weighted by Gasteiger charge is -2.17. The van der Waals surface area contributed by atoms with Gasteiger partial charge < -0.3 is 16.2 Å². The van der Waals surface area contributed by atoms with Crippen LogP contribution in [0.3, 0.4) is 0 Å². The van der Waals surface area contributed by atoms with Gasteiger partial charge in [0.15, 0.2) is 0 Å². The highest BCUT2D eigenvalue weighted by molar-refractivity contribution is 7.13. The zero-order valence-electron chi connectivity index (χ0n) is 10.6. The second-order valence-corrected chi connectivity index (χ2v) is 5.85. The second kappa shape index (κ2) is 5.45. The van der Waals surface area contributed by atoms with E-state index in [0.29, 0.717) is 10.7 Å². The first-order valence-corrected chi connectivity index (χ1v) is 6.26. The SMILES string of the molecule is Cc1nc(CNC(=O)CC(C)(C)N)sc1C(=O)O. The summed E-state index contributed by atoms with van der Waals surface area (Å²) < 4.78 is 0. The van der Waals surface area contributed by atoms with Crippen molar-refractivity contribution in [2.75, 3.05) is 0 Å². The molecule has 4 N–H and O–H groups in total. The molecule has 0 saturated carbocycles. The minimum absolute atomic E-state index is 0.174. The molecule has 100 valence electrons. The van der Waals surface area contributed by atoms with Crippen LogP contribution in [0.4, 0.5) is 0 Å². The van der Waals surface area contributed by atoms with E-state index in [1.54, 1.807) is 20.8 Å². The van der Waals surface area contributed by atoms with Gasteiger partial charge in [0.1, 0.15) is 9.88 Å². The van der Waals surface area contributed by atoms with E-state index in [1.807, 2.05) is 0 Å². The van der Waals surface area contributed by atoms with E-state index in [0.717, 1.165) is 11.3 Å². The number of nitrogens with one attached hydrogen (secondary N) is 1. The van der Waals surface area contributed by atoms with Crippen molar-refractivity contribution in [1.29, 1.82) is 0 Å². The van der Waals surface area contributed by atoms with Crippen LogP contribution >= 0.6 is 11.3 Å². The van der Waals surface area contributed by atoms with Gasteiger partial charge in [-0.25, -0.2) is 9.78 Å². The molecule has 1 heterocycles. The maximum absolute atomic E-state index is 11.5. The van der Waals surface area contributed by atoms with Gasteiger partial charge in [0.2, 0.25) is 5.91 Å². The number of thiazole rings is 1. The Hall–Kier alpha value is -1.47. The third-order valence-electron chi connectivity index (χ3n) is 2.09. The summed E-state index contributed by atoms with van der Waals surface area (Å²) in [5.74, 6) is -1.17. The highest BCUT2D eigenvalue weighted by Crippen LogP contribution is 2.17. The number of carboxylic acids is 1. The molecular weight excluding hydrogens is 254 g/mol. The lowest BCUT2D eigenvalue weighted by molar-refractivity contribution is -0.122. The second-order valence-electron chi connectivity index (χ2n) is 4.77. The van der Waals surface area contributed by atoms with Crippen LogP contribution in [0.25, 0.3) is 0 Å². The Kier molecular flexibility index (Phi) is 4.42. The smallest absolute Gasteiger partial charge is 0.347 e. The van der Waals surface area contributed by atoms with Gasteiger partial charge in [-0.3, -0.25) is 4.79 Å². The van der Waals surface area contributed by atoms with Gasteiger partial charge in [0, 0.05) is 12.0 Å². The summed E-state index contributed by atoms with van der Waals surface area (Å²) >= 11 is 1.07. The molecule has 0 saturated heterocycles. The quantitative estimate of drug-likeness (QED) is 0.737. The van der Waals surface area contributed by atoms with Crippen molar-refractivity contribution in [3.8, 4) is 0 Å². The summed E-state index contributed by atoms with van der Waals surface area (Å²) in [6.45, 7) is 5.40. The highest BCUT2D eigenvalue weighted by Gasteiger charge is 2.17. The highest BCUT2D eigenvalue weighted by atomic mass is 32.1. The molecule has 0 aliphatic carbocycles. The van der Waals surface area contributed by atoms with Gasteiger partial charge in [-0.05, 0) is 20.8 Å². The number of hydrogen-bond donors (Lipinski definition) is 3. The molecule has 0 fully saturated rings. The fraction of sp³-hybridized carbons (Fsp3) is 0.545. The Morgan fingerprint density at radius 3 is 2.56 bits per heavy atom. The molecule has 1 aromatic heterocycles. The van der Waals surface area contributed by atoms with E-state index in [-0.39, 0.29) is 23.7 Å². The van der Waals surface area contributed by atoms with Crippen LogP contribution in [0.2, 0.25) is 0 Å². The van der Waals surface area contributed by atoms with E-state index >= 15 is 0 Å². The van der Waals surface area contributed by atoms with Crippen LogP contribution in [-0.4, -0.2) is 27.5 Å². The molecule has 6 nitrogen and oxygen atoms in total. The van der Waals surface area contributed by atoms with Crippen molar-refractivity contribution in [2.45, 2.75) is 39.3 Å².